The molecule has 3 nitrogen and oxygen atoms in total. The molecule has 2 aliphatic rings. The fraction of sp³-hybridized carbons (Fsp3) is 0.316. The SMILES string of the molecule is c1ccc(N2Cc3oc4cccnc4c3C23CCCC3)cc1. The van der Waals surface area contributed by atoms with Crippen LogP contribution in [0.15, 0.2) is 53.1 Å². The Balaban J connectivity index is 1.74. The van der Waals surface area contributed by atoms with E-state index in [-0.39, 0.29) is 5.54 Å². The van der Waals surface area contributed by atoms with Gasteiger partial charge in [-0.3, -0.25) is 4.98 Å². The van der Waals surface area contributed by atoms with Crippen LogP contribution in [0.25, 0.3) is 11.1 Å². The first kappa shape index (κ1) is 12.3. The van der Waals surface area contributed by atoms with E-state index >= 15 is 0 Å². The van der Waals surface area contributed by atoms with Crippen LogP contribution < -0.4 is 4.90 Å². The van der Waals surface area contributed by atoms with Gasteiger partial charge in [-0.05, 0) is 37.1 Å². The number of anilines is 1. The second kappa shape index (κ2) is 4.35. The molecular weight excluding hydrogens is 272 g/mol. The quantitative estimate of drug-likeness (QED) is 0.655. The summed E-state index contributed by atoms with van der Waals surface area (Å²) in [7, 11) is 0. The average molecular weight is 290 g/mol. The molecule has 0 bridgehead atoms. The van der Waals surface area contributed by atoms with Gasteiger partial charge in [-0.2, -0.15) is 0 Å². The zero-order chi connectivity index (χ0) is 14.6. The molecule has 1 aliphatic carbocycles. The standard InChI is InChI=1S/C19H18N2O/c1-2-7-14(8-3-1)21-13-16-17(19(21)10-4-5-11-19)18-15(22-16)9-6-12-20-18/h1-3,6-9,12H,4-5,10-11,13H2. The monoisotopic (exact) mass is 290 g/mol. The molecule has 0 atom stereocenters. The molecule has 22 heavy (non-hydrogen) atoms. The highest BCUT2D eigenvalue weighted by atomic mass is 16.3. The third-order valence-corrected chi connectivity index (χ3v) is 5.30. The number of para-hydroxylation sites is 1. The summed E-state index contributed by atoms with van der Waals surface area (Å²) in [6.45, 7) is 0.857. The Labute approximate surface area is 129 Å². The van der Waals surface area contributed by atoms with E-state index in [4.69, 9.17) is 4.42 Å². The van der Waals surface area contributed by atoms with Crippen LogP contribution in [0.1, 0.15) is 37.0 Å². The van der Waals surface area contributed by atoms with Crippen LogP contribution in [-0.4, -0.2) is 4.98 Å². The lowest BCUT2D eigenvalue weighted by atomic mass is 9.89. The van der Waals surface area contributed by atoms with E-state index in [0.717, 1.165) is 23.4 Å². The van der Waals surface area contributed by atoms with Crippen molar-refractivity contribution in [2.75, 3.05) is 4.90 Å². The highest BCUT2D eigenvalue weighted by Crippen LogP contribution is 2.54. The molecule has 110 valence electrons. The predicted octanol–water partition coefficient (Wildman–Crippen LogP) is 4.62. The first-order valence-corrected chi connectivity index (χ1v) is 8.08. The topological polar surface area (TPSA) is 29.3 Å². The van der Waals surface area contributed by atoms with Crippen molar-refractivity contribution in [3.63, 3.8) is 0 Å². The molecule has 0 amide bonds. The molecule has 0 radical (unpaired) electrons. The second-order valence-electron chi connectivity index (χ2n) is 6.41. The molecule has 3 heterocycles. The lowest BCUT2D eigenvalue weighted by molar-refractivity contribution is 0.439. The Kier molecular flexibility index (Phi) is 2.43. The third-order valence-electron chi connectivity index (χ3n) is 5.30. The summed E-state index contributed by atoms with van der Waals surface area (Å²) < 4.78 is 6.14. The number of furan rings is 1. The molecule has 1 aliphatic heterocycles. The molecule has 3 aromatic rings. The van der Waals surface area contributed by atoms with E-state index in [9.17, 15) is 0 Å². The van der Waals surface area contributed by atoms with Crippen LogP contribution in [0.3, 0.4) is 0 Å². The van der Waals surface area contributed by atoms with E-state index in [0.29, 0.717) is 0 Å². The summed E-state index contributed by atoms with van der Waals surface area (Å²) in [5.74, 6) is 1.11. The van der Waals surface area contributed by atoms with Crippen molar-refractivity contribution < 1.29 is 4.42 Å². The molecular formula is C19H18N2O. The molecule has 0 N–H and O–H groups in total. The third kappa shape index (κ3) is 1.48. The Morgan fingerprint density at radius 1 is 1.00 bits per heavy atom. The fourth-order valence-electron chi connectivity index (χ4n) is 4.42. The van der Waals surface area contributed by atoms with E-state index in [1.807, 2.05) is 18.3 Å². The first-order chi connectivity index (χ1) is 10.9. The summed E-state index contributed by atoms with van der Waals surface area (Å²) in [6.07, 6.45) is 6.83. The smallest absolute Gasteiger partial charge is 0.153 e. The Bertz CT molecular complexity index is 831. The summed E-state index contributed by atoms with van der Waals surface area (Å²) in [5.41, 5.74) is 4.73. The van der Waals surface area contributed by atoms with E-state index in [1.54, 1.807) is 0 Å². The minimum atomic E-state index is 0.0797. The van der Waals surface area contributed by atoms with Crippen molar-refractivity contribution in [1.29, 1.82) is 0 Å². The lowest BCUT2D eigenvalue weighted by Gasteiger charge is -2.37. The van der Waals surface area contributed by atoms with Crippen LogP contribution in [0, 0.1) is 0 Å². The van der Waals surface area contributed by atoms with Crippen molar-refractivity contribution in [1.82, 2.24) is 4.98 Å². The van der Waals surface area contributed by atoms with Gasteiger partial charge in [0.1, 0.15) is 11.3 Å². The van der Waals surface area contributed by atoms with Crippen LogP contribution in [0.5, 0.6) is 0 Å². The van der Waals surface area contributed by atoms with E-state index in [2.05, 4.69) is 40.2 Å². The highest BCUT2D eigenvalue weighted by molar-refractivity contribution is 5.82. The van der Waals surface area contributed by atoms with Gasteiger partial charge in [-0.1, -0.05) is 31.0 Å². The number of fused-ring (bicyclic) bond motifs is 4. The highest BCUT2D eigenvalue weighted by Gasteiger charge is 2.50. The summed E-state index contributed by atoms with van der Waals surface area (Å²) >= 11 is 0. The van der Waals surface area contributed by atoms with Crippen LogP contribution in [0.2, 0.25) is 0 Å². The van der Waals surface area contributed by atoms with E-state index < -0.39 is 0 Å². The first-order valence-electron chi connectivity index (χ1n) is 8.08. The zero-order valence-corrected chi connectivity index (χ0v) is 12.5. The second-order valence-corrected chi connectivity index (χ2v) is 6.41. The average Bonchev–Trinajstić information content (AvgIpc) is 3.25. The van der Waals surface area contributed by atoms with Gasteiger partial charge in [-0.15, -0.1) is 0 Å². The van der Waals surface area contributed by atoms with Crippen LogP contribution in [-0.2, 0) is 12.1 Å². The maximum absolute atomic E-state index is 6.14. The number of rotatable bonds is 1. The molecule has 0 saturated heterocycles. The van der Waals surface area contributed by atoms with Gasteiger partial charge in [-0.25, -0.2) is 0 Å². The summed E-state index contributed by atoms with van der Waals surface area (Å²) in [5, 5.41) is 0. The zero-order valence-electron chi connectivity index (χ0n) is 12.5. The number of benzene rings is 1. The van der Waals surface area contributed by atoms with Crippen molar-refractivity contribution >= 4 is 16.8 Å². The molecule has 1 spiro atoms. The lowest BCUT2D eigenvalue weighted by Crippen LogP contribution is -2.38. The maximum atomic E-state index is 6.14. The molecule has 0 unspecified atom stereocenters. The number of aromatic nitrogens is 1. The van der Waals surface area contributed by atoms with Crippen LogP contribution >= 0.6 is 0 Å². The van der Waals surface area contributed by atoms with E-state index in [1.165, 1.54) is 36.9 Å². The van der Waals surface area contributed by atoms with Crippen molar-refractivity contribution in [2.45, 2.75) is 37.8 Å². The molecule has 3 heteroatoms. The van der Waals surface area contributed by atoms with Gasteiger partial charge >= 0.3 is 0 Å². The Morgan fingerprint density at radius 3 is 2.64 bits per heavy atom. The van der Waals surface area contributed by atoms with Gasteiger partial charge in [0.25, 0.3) is 0 Å². The molecule has 1 aromatic carbocycles. The predicted molar refractivity (Wildman–Crippen MR) is 86.8 cm³/mol. The molecule has 2 aromatic heterocycles. The number of hydrogen-bond acceptors (Lipinski definition) is 3. The van der Waals surface area contributed by atoms with Gasteiger partial charge in [0.05, 0.1) is 12.1 Å². The summed E-state index contributed by atoms with van der Waals surface area (Å²) in [6, 6.07) is 14.7. The van der Waals surface area contributed by atoms with Crippen molar-refractivity contribution in [2.24, 2.45) is 0 Å². The number of nitrogens with zero attached hydrogens (tertiary/aromatic N) is 2. The number of hydrogen-bond donors (Lipinski definition) is 0. The number of pyridine rings is 1. The van der Waals surface area contributed by atoms with Gasteiger partial charge in [0, 0.05) is 17.4 Å². The fourth-order valence-corrected chi connectivity index (χ4v) is 4.42. The largest absolute Gasteiger partial charge is 0.457 e. The van der Waals surface area contributed by atoms with Gasteiger partial charge in [0.2, 0.25) is 0 Å². The molecule has 1 fully saturated rings. The Morgan fingerprint density at radius 2 is 1.82 bits per heavy atom. The molecule has 5 rings (SSSR count). The molecule has 1 saturated carbocycles. The van der Waals surface area contributed by atoms with Gasteiger partial charge in [0.15, 0.2) is 5.58 Å². The normalized spacial score (nSPS) is 19.2. The minimum absolute atomic E-state index is 0.0797. The Hall–Kier alpha value is -2.29. The minimum Gasteiger partial charge on any atom is -0.457 e. The summed E-state index contributed by atoms with van der Waals surface area (Å²) in [4.78, 5) is 7.18. The van der Waals surface area contributed by atoms with Crippen molar-refractivity contribution in [3.8, 4) is 0 Å². The van der Waals surface area contributed by atoms with Crippen molar-refractivity contribution in [3.05, 3.63) is 60.0 Å². The van der Waals surface area contributed by atoms with Crippen LogP contribution in [0.4, 0.5) is 5.69 Å². The maximum Gasteiger partial charge on any atom is 0.153 e. The van der Waals surface area contributed by atoms with Gasteiger partial charge < -0.3 is 9.32 Å².